The molecule has 3 rings (SSSR count). The lowest BCUT2D eigenvalue weighted by molar-refractivity contribution is 0.0989. The first-order chi connectivity index (χ1) is 10.9. The Balaban J connectivity index is 1.88. The van der Waals surface area contributed by atoms with Crippen LogP contribution in [0.4, 0.5) is 14.5 Å². The first-order valence-corrected chi connectivity index (χ1v) is 8.48. The van der Waals surface area contributed by atoms with Crippen molar-refractivity contribution in [3.8, 4) is 0 Å². The van der Waals surface area contributed by atoms with Crippen molar-refractivity contribution < 1.29 is 22.0 Å². The summed E-state index contributed by atoms with van der Waals surface area (Å²) in [4.78, 5) is 13.6. The van der Waals surface area contributed by atoms with Gasteiger partial charge in [-0.25, -0.2) is 8.42 Å². The highest BCUT2D eigenvalue weighted by molar-refractivity contribution is 7.91. The highest BCUT2D eigenvalue weighted by Gasteiger charge is 2.28. The Morgan fingerprint density at radius 3 is 2.35 bits per heavy atom. The van der Waals surface area contributed by atoms with Crippen molar-refractivity contribution in [2.45, 2.75) is 17.1 Å². The highest BCUT2D eigenvalue weighted by atomic mass is 32.2. The number of benzene rings is 2. The van der Waals surface area contributed by atoms with Crippen LogP contribution in [0, 0.1) is 0 Å². The average molecular weight is 337 g/mol. The molecule has 0 unspecified atom stereocenters. The maximum atomic E-state index is 12.5. The second kappa shape index (κ2) is 5.73. The summed E-state index contributed by atoms with van der Waals surface area (Å²) in [5.74, 6) is -3.76. The molecule has 0 bridgehead atoms. The molecular formula is C16H13F2NO3S. The molecule has 0 radical (unpaired) electrons. The lowest BCUT2D eigenvalue weighted by atomic mass is 10.1. The van der Waals surface area contributed by atoms with E-state index in [4.69, 9.17) is 0 Å². The Bertz CT molecular complexity index is 848. The van der Waals surface area contributed by atoms with E-state index in [1.807, 2.05) is 24.3 Å². The molecule has 2 aromatic carbocycles. The molecule has 1 aliphatic rings. The van der Waals surface area contributed by atoms with Crippen LogP contribution in [-0.2, 0) is 16.3 Å². The second-order valence-electron chi connectivity index (χ2n) is 5.17. The van der Waals surface area contributed by atoms with Gasteiger partial charge in [-0.3, -0.25) is 4.79 Å². The molecule has 0 spiro atoms. The minimum absolute atomic E-state index is 0.259. The largest absolute Gasteiger partial charge is 0.341 e. The third kappa shape index (κ3) is 2.72. The molecule has 0 aromatic heterocycles. The Kier molecular flexibility index (Phi) is 3.89. The van der Waals surface area contributed by atoms with Gasteiger partial charge in [-0.15, -0.1) is 0 Å². The number of carbonyl (C=O) groups excluding carboxylic acids is 1. The van der Waals surface area contributed by atoms with E-state index < -0.39 is 20.5 Å². The number of fused-ring (bicyclic) bond motifs is 1. The van der Waals surface area contributed by atoms with Gasteiger partial charge in [-0.2, -0.15) is 8.78 Å². The van der Waals surface area contributed by atoms with E-state index in [9.17, 15) is 22.0 Å². The van der Waals surface area contributed by atoms with Crippen molar-refractivity contribution in [2.24, 2.45) is 0 Å². The number of para-hydroxylation sites is 1. The standard InChI is InChI=1S/C16H13F2NO3S/c17-16(18)23(21,22)13-7-5-12(6-8-13)15(20)19-10-9-11-3-1-2-4-14(11)19/h1-8,16H,9-10H2. The fourth-order valence-corrected chi connectivity index (χ4v) is 3.32. The molecule has 0 atom stereocenters. The molecule has 4 nitrogen and oxygen atoms in total. The first-order valence-electron chi connectivity index (χ1n) is 6.93. The van der Waals surface area contributed by atoms with E-state index in [0.29, 0.717) is 6.54 Å². The number of carbonyl (C=O) groups is 1. The Hall–Kier alpha value is -2.28. The zero-order valence-corrected chi connectivity index (χ0v) is 12.8. The topological polar surface area (TPSA) is 54.5 Å². The summed E-state index contributed by atoms with van der Waals surface area (Å²) in [6, 6.07) is 12.1. The van der Waals surface area contributed by atoms with Crippen LogP contribution in [0.15, 0.2) is 53.4 Å². The van der Waals surface area contributed by atoms with Crippen LogP contribution >= 0.6 is 0 Å². The Morgan fingerprint density at radius 1 is 1.04 bits per heavy atom. The van der Waals surface area contributed by atoms with Gasteiger partial charge in [0, 0.05) is 17.8 Å². The lowest BCUT2D eigenvalue weighted by Gasteiger charge is -2.17. The molecule has 7 heteroatoms. The highest BCUT2D eigenvalue weighted by Crippen LogP contribution is 2.29. The van der Waals surface area contributed by atoms with Gasteiger partial charge in [-0.05, 0) is 42.3 Å². The van der Waals surface area contributed by atoms with E-state index in [1.165, 1.54) is 12.1 Å². The van der Waals surface area contributed by atoms with Gasteiger partial charge in [0.05, 0.1) is 4.90 Å². The van der Waals surface area contributed by atoms with Crippen LogP contribution in [0.3, 0.4) is 0 Å². The average Bonchev–Trinajstić information content (AvgIpc) is 2.98. The maximum absolute atomic E-state index is 12.5. The Morgan fingerprint density at radius 2 is 1.70 bits per heavy atom. The molecule has 1 heterocycles. The molecule has 1 amide bonds. The van der Waals surface area contributed by atoms with Crippen LogP contribution in [-0.4, -0.2) is 26.6 Å². The summed E-state index contributed by atoms with van der Waals surface area (Å²) in [6.45, 7) is 0.537. The minimum atomic E-state index is -4.65. The molecular weight excluding hydrogens is 324 g/mol. The van der Waals surface area contributed by atoms with Gasteiger partial charge in [0.15, 0.2) is 0 Å². The number of hydrogen-bond acceptors (Lipinski definition) is 3. The van der Waals surface area contributed by atoms with Crippen molar-refractivity contribution in [1.29, 1.82) is 0 Å². The van der Waals surface area contributed by atoms with Gasteiger partial charge in [0.2, 0.25) is 9.84 Å². The number of alkyl halides is 2. The summed E-state index contributed by atoms with van der Waals surface area (Å²) in [5.41, 5.74) is 2.15. The van der Waals surface area contributed by atoms with Crippen molar-refractivity contribution in [3.05, 3.63) is 59.7 Å². The van der Waals surface area contributed by atoms with Crippen LogP contribution < -0.4 is 4.90 Å². The van der Waals surface area contributed by atoms with E-state index >= 15 is 0 Å². The van der Waals surface area contributed by atoms with E-state index in [1.54, 1.807) is 4.90 Å². The fraction of sp³-hybridized carbons (Fsp3) is 0.188. The SMILES string of the molecule is O=C(c1ccc(S(=O)(=O)C(F)F)cc1)N1CCc2ccccc21. The van der Waals surface area contributed by atoms with Gasteiger partial charge in [0.1, 0.15) is 0 Å². The molecule has 23 heavy (non-hydrogen) atoms. The first kappa shape index (κ1) is 15.6. The second-order valence-corrected chi connectivity index (χ2v) is 7.08. The lowest BCUT2D eigenvalue weighted by Crippen LogP contribution is -2.28. The number of halogens is 2. The normalized spacial score (nSPS) is 14.1. The molecule has 0 saturated carbocycles. The number of sulfone groups is 1. The number of hydrogen-bond donors (Lipinski definition) is 0. The smallest absolute Gasteiger partial charge is 0.308 e. The van der Waals surface area contributed by atoms with Crippen molar-refractivity contribution >= 4 is 21.4 Å². The fourth-order valence-electron chi connectivity index (χ4n) is 2.60. The van der Waals surface area contributed by atoms with Gasteiger partial charge in [0.25, 0.3) is 5.91 Å². The molecule has 0 N–H and O–H groups in total. The number of rotatable bonds is 3. The van der Waals surface area contributed by atoms with Crippen molar-refractivity contribution in [3.63, 3.8) is 0 Å². The minimum Gasteiger partial charge on any atom is -0.308 e. The van der Waals surface area contributed by atoms with Crippen LogP contribution in [0.1, 0.15) is 15.9 Å². The Labute approximate surface area is 132 Å². The van der Waals surface area contributed by atoms with Crippen LogP contribution in [0.25, 0.3) is 0 Å². The molecule has 1 aliphatic heterocycles. The molecule has 0 aliphatic carbocycles. The molecule has 120 valence electrons. The molecule has 2 aromatic rings. The summed E-state index contributed by atoms with van der Waals surface area (Å²) in [5, 5.41) is 0. The van der Waals surface area contributed by atoms with Gasteiger partial charge >= 0.3 is 5.76 Å². The number of amides is 1. The van der Waals surface area contributed by atoms with Gasteiger partial charge < -0.3 is 4.90 Å². The predicted octanol–water partition coefficient (Wildman–Crippen LogP) is 2.89. The van der Waals surface area contributed by atoms with Crippen LogP contribution in [0.5, 0.6) is 0 Å². The number of nitrogens with zero attached hydrogens (tertiary/aromatic N) is 1. The van der Waals surface area contributed by atoms with Gasteiger partial charge in [-0.1, -0.05) is 18.2 Å². The molecule has 0 fully saturated rings. The van der Waals surface area contributed by atoms with Crippen molar-refractivity contribution in [2.75, 3.05) is 11.4 Å². The van der Waals surface area contributed by atoms with E-state index in [-0.39, 0.29) is 11.5 Å². The predicted molar refractivity (Wildman–Crippen MR) is 81.5 cm³/mol. The summed E-state index contributed by atoms with van der Waals surface area (Å²) in [7, 11) is -4.65. The third-order valence-electron chi connectivity index (χ3n) is 3.80. The van der Waals surface area contributed by atoms with E-state index in [2.05, 4.69) is 0 Å². The summed E-state index contributed by atoms with van der Waals surface area (Å²) in [6.07, 6.45) is 0.750. The summed E-state index contributed by atoms with van der Waals surface area (Å²) < 4.78 is 47.8. The van der Waals surface area contributed by atoms with E-state index in [0.717, 1.165) is 29.8 Å². The summed E-state index contributed by atoms with van der Waals surface area (Å²) >= 11 is 0. The number of anilines is 1. The zero-order valence-electron chi connectivity index (χ0n) is 11.9. The molecule has 0 saturated heterocycles. The third-order valence-corrected chi connectivity index (χ3v) is 5.20. The zero-order chi connectivity index (χ0) is 16.6. The maximum Gasteiger partial charge on any atom is 0.341 e. The van der Waals surface area contributed by atoms with Crippen LogP contribution in [0.2, 0.25) is 0 Å². The quantitative estimate of drug-likeness (QED) is 0.865. The van der Waals surface area contributed by atoms with Crippen molar-refractivity contribution in [1.82, 2.24) is 0 Å². The monoisotopic (exact) mass is 337 g/mol.